The lowest BCUT2D eigenvalue weighted by molar-refractivity contribution is 0.104. The molecule has 112 valence electrons. The molecule has 0 aromatic heterocycles. The normalized spacial score (nSPS) is 28.4. The number of halogens is 1. The number of hydrogen-bond donors (Lipinski definition) is 2. The van der Waals surface area contributed by atoms with E-state index in [-0.39, 0.29) is 24.0 Å². The molecule has 2 atom stereocenters. The van der Waals surface area contributed by atoms with E-state index in [2.05, 4.69) is 36.4 Å². The van der Waals surface area contributed by atoms with E-state index in [0.717, 1.165) is 24.3 Å². The second kappa shape index (κ2) is 7.14. The Kier molecular flexibility index (Phi) is 6.40. The molecule has 2 unspecified atom stereocenters. The van der Waals surface area contributed by atoms with E-state index in [9.17, 15) is 0 Å². The maximum absolute atomic E-state index is 4.34. The van der Waals surface area contributed by atoms with Crippen LogP contribution in [0.5, 0.6) is 0 Å². The largest absolute Gasteiger partial charge is 0.356 e. The second-order valence-electron chi connectivity index (χ2n) is 6.84. The fraction of sp³-hybridized carbons (Fsp3) is 0.933. The molecule has 0 aromatic rings. The van der Waals surface area contributed by atoms with Crippen LogP contribution >= 0.6 is 24.0 Å². The molecule has 2 saturated carbocycles. The van der Waals surface area contributed by atoms with Crippen LogP contribution in [-0.2, 0) is 0 Å². The minimum Gasteiger partial charge on any atom is -0.356 e. The Morgan fingerprint density at radius 1 is 1.37 bits per heavy atom. The molecule has 0 aliphatic heterocycles. The fourth-order valence-corrected chi connectivity index (χ4v) is 3.16. The van der Waals surface area contributed by atoms with Gasteiger partial charge in [0, 0.05) is 19.6 Å². The van der Waals surface area contributed by atoms with Gasteiger partial charge >= 0.3 is 0 Å². The van der Waals surface area contributed by atoms with E-state index < -0.39 is 0 Å². The molecule has 0 bridgehead atoms. The fourth-order valence-electron chi connectivity index (χ4n) is 3.16. The first-order valence-electron chi connectivity index (χ1n) is 7.52. The third-order valence-electron chi connectivity index (χ3n) is 4.54. The number of nitrogens with one attached hydrogen (secondary N) is 2. The smallest absolute Gasteiger partial charge is 0.191 e. The highest BCUT2D eigenvalue weighted by Crippen LogP contribution is 2.45. The molecule has 4 heteroatoms. The predicted octanol–water partition coefficient (Wildman–Crippen LogP) is 3.39. The summed E-state index contributed by atoms with van der Waals surface area (Å²) in [5.74, 6) is 2.61. The highest BCUT2D eigenvalue weighted by molar-refractivity contribution is 14.0. The molecule has 0 radical (unpaired) electrons. The van der Waals surface area contributed by atoms with Crippen molar-refractivity contribution >= 4 is 29.9 Å². The van der Waals surface area contributed by atoms with Gasteiger partial charge in [0.15, 0.2) is 5.96 Å². The third-order valence-corrected chi connectivity index (χ3v) is 4.54. The standard InChI is InChI=1S/C15H29N3.HI/c1-11(2)9-15(6-5-7-15)10-17-14(16-4)18-13-8-12(13)3;/h11-13H,5-10H2,1-4H3,(H2,16,17,18);1H. The van der Waals surface area contributed by atoms with Gasteiger partial charge in [0.25, 0.3) is 0 Å². The van der Waals surface area contributed by atoms with Crippen molar-refractivity contribution in [3.8, 4) is 0 Å². The van der Waals surface area contributed by atoms with Crippen LogP contribution in [0.2, 0.25) is 0 Å². The van der Waals surface area contributed by atoms with E-state index in [1.54, 1.807) is 0 Å². The summed E-state index contributed by atoms with van der Waals surface area (Å²) in [6.45, 7) is 8.04. The molecule has 3 nitrogen and oxygen atoms in total. The molecule has 0 aromatic carbocycles. The Morgan fingerprint density at radius 3 is 2.37 bits per heavy atom. The van der Waals surface area contributed by atoms with Crippen LogP contribution in [0.3, 0.4) is 0 Å². The molecule has 2 N–H and O–H groups in total. The number of aliphatic imine (C=N–C) groups is 1. The average molecular weight is 379 g/mol. The summed E-state index contributed by atoms with van der Waals surface area (Å²) in [5, 5.41) is 7.05. The molecule has 2 rings (SSSR count). The van der Waals surface area contributed by atoms with Gasteiger partial charge in [0.2, 0.25) is 0 Å². The Bertz CT molecular complexity index is 311. The molecular formula is C15H30IN3. The van der Waals surface area contributed by atoms with Gasteiger partial charge in [-0.2, -0.15) is 0 Å². The lowest BCUT2D eigenvalue weighted by atomic mass is 9.64. The first-order valence-corrected chi connectivity index (χ1v) is 7.52. The molecule has 2 fully saturated rings. The zero-order chi connectivity index (χ0) is 13.2. The van der Waals surface area contributed by atoms with E-state index >= 15 is 0 Å². The van der Waals surface area contributed by atoms with E-state index in [1.807, 2.05) is 7.05 Å². The highest BCUT2D eigenvalue weighted by Gasteiger charge is 2.38. The topological polar surface area (TPSA) is 36.4 Å². The summed E-state index contributed by atoms with van der Waals surface area (Å²) >= 11 is 0. The van der Waals surface area contributed by atoms with Crippen LogP contribution in [0.4, 0.5) is 0 Å². The zero-order valence-electron chi connectivity index (χ0n) is 12.8. The Morgan fingerprint density at radius 2 is 2.00 bits per heavy atom. The maximum Gasteiger partial charge on any atom is 0.191 e. The van der Waals surface area contributed by atoms with E-state index in [1.165, 1.54) is 32.1 Å². The van der Waals surface area contributed by atoms with Gasteiger partial charge in [-0.15, -0.1) is 24.0 Å². The maximum atomic E-state index is 4.34. The molecule has 2 aliphatic carbocycles. The van der Waals surface area contributed by atoms with Crippen molar-refractivity contribution in [2.24, 2.45) is 22.2 Å². The van der Waals surface area contributed by atoms with E-state index in [0.29, 0.717) is 11.5 Å². The number of guanidine groups is 1. The van der Waals surface area contributed by atoms with Crippen LogP contribution in [0.15, 0.2) is 4.99 Å². The average Bonchev–Trinajstić information content (AvgIpc) is 2.95. The van der Waals surface area contributed by atoms with Crippen LogP contribution < -0.4 is 10.6 Å². The molecule has 0 saturated heterocycles. The SMILES string of the molecule is CN=C(NCC1(CC(C)C)CCC1)NC1CC1C.I. The van der Waals surface area contributed by atoms with Crippen molar-refractivity contribution < 1.29 is 0 Å². The van der Waals surface area contributed by atoms with Crippen molar-refractivity contribution in [3.05, 3.63) is 0 Å². The Balaban J connectivity index is 0.00000180. The summed E-state index contributed by atoms with van der Waals surface area (Å²) in [6, 6.07) is 0.652. The van der Waals surface area contributed by atoms with Crippen molar-refractivity contribution in [1.29, 1.82) is 0 Å². The summed E-state index contributed by atoms with van der Waals surface area (Å²) in [5.41, 5.74) is 0.543. The highest BCUT2D eigenvalue weighted by atomic mass is 127. The van der Waals surface area contributed by atoms with Crippen LogP contribution in [0, 0.1) is 17.3 Å². The quantitative estimate of drug-likeness (QED) is 0.437. The molecule has 0 amide bonds. The summed E-state index contributed by atoms with van der Waals surface area (Å²) in [6.07, 6.45) is 6.80. The number of hydrogen-bond acceptors (Lipinski definition) is 1. The van der Waals surface area contributed by atoms with Gasteiger partial charge in [-0.05, 0) is 42.9 Å². The Hall–Kier alpha value is 0. The van der Waals surface area contributed by atoms with Gasteiger partial charge in [-0.3, -0.25) is 4.99 Å². The van der Waals surface area contributed by atoms with Gasteiger partial charge in [0.1, 0.15) is 0 Å². The molecule has 2 aliphatic rings. The van der Waals surface area contributed by atoms with Gasteiger partial charge in [-0.25, -0.2) is 0 Å². The lowest BCUT2D eigenvalue weighted by Crippen LogP contribution is -2.47. The zero-order valence-corrected chi connectivity index (χ0v) is 15.2. The third kappa shape index (κ3) is 4.80. The minimum atomic E-state index is 0. The van der Waals surface area contributed by atoms with Crippen LogP contribution in [0.25, 0.3) is 0 Å². The number of nitrogens with zero attached hydrogens (tertiary/aromatic N) is 1. The lowest BCUT2D eigenvalue weighted by Gasteiger charge is -2.43. The second-order valence-corrected chi connectivity index (χ2v) is 6.84. The summed E-state index contributed by atoms with van der Waals surface area (Å²) in [4.78, 5) is 4.34. The first-order chi connectivity index (χ1) is 8.54. The van der Waals surface area contributed by atoms with Crippen LogP contribution in [0.1, 0.15) is 52.9 Å². The van der Waals surface area contributed by atoms with Crippen molar-refractivity contribution in [1.82, 2.24) is 10.6 Å². The first kappa shape index (κ1) is 17.1. The van der Waals surface area contributed by atoms with Crippen molar-refractivity contribution in [2.75, 3.05) is 13.6 Å². The van der Waals surface area contributed by atoms with Gasteiger partial charge < -0.3 is 10.6 Å². The number of rotatable bonds is 5. The van der Waals surface area contributed by atoms with Crippen molar-refractivity contribution in [3.63, 3.8) is 0 Å². The van der Waals surface area contributed by atoms with E-state index in [4.69, 9.17) is 0 Å². The summed E-state index contributed by atoms with van der Waals surface area (Å²) in [7, 11) is 1.87. The minimum absolute atomic E-state index is 0. The molecule has 0 spiro atoms. The monoisotopic (exact) mass is 379 g/mol. The van der Waals surface area contributed by atoms with Gasteiger partial charge in [0.05, 0.1) is 0 Å². The van der Waals surface area contributed by atoms with Crippen molar-refractivity contribution in [2.45, 2.75) is 58.9 Å². The summed E-state index contributed by atoms with van der Waals surface area (Å²) < 4.78 is 0. The molecule has 0 heterocycles. The van der Waals surface area contributed by atoms with Gasteiger partial charge in [-0.1, -0.05) is 27.2 Å². The van der Waals surface area contributed by atoms with Crippen LogP contribution in [-0.4, -0.2) is 25.6 Å². The Labute approximate surface area is 135 Å². The molecule has 19 heavy (non-hydrogen) atoms. The molecular weight excluding hydrogens is 349 g/mol. The predicted molar refractivity (Wildman–Crippen MR) is 93.2 cm³/mol.